The molecule has 0 radical (unpaired) electrons. The van der Waals surface area contributed by atoms with Crippen molar-refractivity contribution in [1.29, 1.82) is 0 Å². The van der Waals surface area contributed by atoms with Crippen LogP contribution in [0.3, 0.4) is 0 Å². The molecular weight excluding hydrogens is 358 g/mol. The van der Waals surface area contributed by atoms with Gasteiger partial charge in [-0.25, -0.2) is 0 Å². The molecule has 23 heavy (non-hydrogen) atoms. The first-order valence-electron chi connectivity index (χ1n) is 7.93. The van der Waals surface area contributed by atoms with Crippen LogP contribution < -0.4 is 16.4 Å². The smallest absolute Gasteiger partial charge is 0.227 e. The molecule has 6 heteroatoms. The zero-order chi connectivity index (χ0) is 17.5. The van der Waals surface area contributed by atoms with Gasteiger partial charge in [-0.05, 0) is 43.5 Å². The SMILES string of the molecule is CCC(CC)(CN)C(=O)NCCC(=O)Nc1ccc(Br)cc1C. The van der Waals surface area contributed by atoms with Crippen molar-refractivity contribution >= 4 is 33.4 Å². The van der Waals surface area contributed by atoms with Gasteiger partial charge in [-0.2, -0.15) is 0 Å². The minimum atomic E-state index is -0.529. The lowest BCUT2D eigenvalue weighted by atomic mass is 9.81. The van der Waals surface area contributed by atoms with Crippen LogP contribution in [0.1, 0.15) is 38.7 Å². The monoisotopic (exact) mass is 383 g/mol. The Hall–Kier alpha value is -1.40. The summed E-state index contributed by atoms with van der Waals surface area (Å²) in [6, 6.07) is 5.67. The number of amides is 2. The Morgan fingerprint density at radius 2 is 1.91 bits per heavy atom. The average Bonchev–Trinajstić information content (AvgIpc) is 2.52. The Morgan fingerprint density at radius 1 is 1.26 bits per heavy atom. The molecule has 0 aliphatic carbocycles. The maximum Gasteiger partial charge on any atom is 0.227 e. The van der Waals surface area contributed by atoms with Crippen molar-refractivity contribution in [2.24, 2.45) is 11.1 Å². The van der Waals surface area contributed by atoms with Gasteiger partial charge in [-0.3, -0.25) is 9.59 Å². The summed E-state index contributed by atoms with van der Waals surface area (Å²) < 4.78 is 0.970. The van der Waals surface area contributed by atoms with Gasteiger partial charge < -0.3 is 16.4 Å². The molecular formula is C17H26BrN3O2. The lowest BCUT2D eigenvalue weighted by Gasteiger charge is -2.28. The number of anilines is 1. The minimum Gasteiger partial charge on any atom is -0.355 e. The summed E-state index contributed by atoms with van der Waals surface area (Å²) in [5, 5.41) is 5.69. The number of hydrogen-bond acceptors (Lipinski definition) is 3. The van der Waals surface area contributed by atoms with Crippen LogP contribution in [0.2, 0.25) is 0 Å². The Balaban J connectivity index is 2.49. The molecule has 0 bridgehead atoms. The zero-order valence-corrected chi connectivity index (χ0v) is 15.6. The minimum absolute atomic E-state index is 0.0716. The van der Waals surface area contributed by atoms with Crippen molar-refractivity contribution in [2.45, 2.75) is 40.0 Å². The van der Waals surface area contributed by atoms with Crippen molar-refractivity contribution < 1.29 is 9.59 Å². The molecule has 0 fully saturated rings. The standard InChI is InChI=1S/C17H26BrN3O2/c1-4-17(5-2,11-19)16(23)20-9-8-15(22)21-14-7-6-13(18)10-12(14)3/h6-7,10H,4-5,8-9,11,19H2,1-3H3,(H,20,23)(H,21,22). The molecule has 0 saturated carbocycles. The van der Waals surface area contributed by atoms with E-state index in [9.17, 15) is 9.59 Å². The Kier molecular flexibility index (Phi) is 7.72. The number of rotatable bonds is 8. The molecule has 0 aromatic heterocycles. The summed E-state index contributed by atoms with van der Waals surface area (Å²) in [5.74, 6) is -0.195. The maximum absolute atomic E-state index is 12.3. The van der Waals surface area contributed by atoms with Gasteiger partial charge in [-0.1, -0.05) is 29.8 Å². The van der Waals surface area contributed by atoms with Gasteiger partial charge in [0, 0.05) is 29.7 Å². The molecule has 2 amide bonds. The summed E-state index contributed by atoms with van der Waals surface area (Å²) in [7, 11) is 0. The topological polar surface area (TPSA) is 84.2 Å². The molecule has 1 aromatic carbocycles. The molecule has 0 heterocycles. The van der Waals surface area contributed by atoms with Crippen molar-refractivity contribution in [3.63, 3.8) is 0 Å². The quantitative estimate of drug-likeness (QED) is 0.644. The first-order valence-corrected chi connectivity index (χ1v) is 8.72. The van der Waals surface area contributed by atoms with Crippen LogP contribution in [0.5, 0.6) is 0 Å². The van der Waals surface area contributed by atoms with Gasteiger partial charge in [0.05, 0.1) is 5.41 Å². The second-order valence-electron chi connectivity index (χ2n) is 5.70. The van der Waals surface area contributed by atoms with Gasteiger partial charge in [0.2, 0.25) is 11.8 Å². The summed E-state index contributed by atoms with van der Waals surface area (Å²) in [6.07, 6.45) is 1.61. The van der Waals surface area contributed by atoms with Crippen LogP contribution in [0.25, 0.3) is 0 Å². The van der Waals surface area contributed by atoms with E-state index in [-0.39, 0.29) is 18.2 Å². The van der Waals surface area contributed by atoms with Gasteiger partial charge in [0.25, 0.3) is 0 Å². The molecule has 0 saturated heterocycles. The van der Waals surface area contributed by atoms with E-state index in [1.54, 1.807) is 0 Å². The first-order chi connectivity index (χ1) is 10.9. The molecule has 0 aliphatic rings. The van der Waals surface area contributed by atoms with Crippen LogP contribution in [-0.2, 0) is 9.59 Å². The number of carbonyl (C=O) groups excluding carboxylic acids is 2. The molecule has 128 valence electrons. The summed E-state index contributed by atoms with van der Waals surface area (Å²) in [4.78, 5) is 24.3. The van der Waals surface area contributed by atoms with Gasteiger partial charge in [0.15, 0.2) is 0 Å². The number of hydrogen-bond donors (Lipinski definition) is 3. The third-order valence-corrected chi connectivity index (χ3v) is 4.82. The average molecular weight is 384 g/mol. The van der Waals surface area contributed by atoms with E-state index in [1.807, 2.05) is 39.0 Å². The molecule has 0 unspecified atom stereocenters. The van der Waals surface area contributed by atoms with Crippen LogP contribution in [0.15, 0.2) is 22.7 Å². The third kappa shape index (κ3) is 5.32. The molecule has 0 atom stereocenters. The summed E-state index contributed by atoms with van der Waals surface area (Å²) in [6.45, 7) is 6.47. The predicted octanol–water partition coefficient (Wildman–Crippen LogP) is 2.97. The Labute approximate surface area is 146 Å². The second kappa shape index (κ2) is 9.03. The number of aryl methyl sites for hydroxylation is 1. The lowest BCUT2D eigenvalue weighted by Crippen LogP contribution is -2.45. The molecule has 5 nitrogen and oxygen atoms in total. The zero-order valence-electron chi connectivity index (χ0n) is 14.0. The Morgan fingerprint density at radius 3 is 2.43 bits per heavy atom. The molecule has 1 aromatic rings. The van der Waals surface area contributed by atoms with E-state index in [2.05, 4.69) is 26.6 Å². The number of nitrogens with two attached hydrogens (primary N) is 1. The van der Waals surface area contributed by atoms with E-state index >= 15 is 0 Å². The highest BCUT2D eigenvalue weighted by Gasteiger charge is 2.32. The summed E-state index contributed by atoms with van der Waals surface area (Å²) in [5.41, 5.74) is 6.98. The fourth-order valence-electron chi connectivity index (χ4n) is 2.41. The van der Waals surface area contributed by atoms with Crippen LogP contribution >= 0.6 is 15.9 Å². The van der Waals surface area contributed by atoms with E-state index in [0.717, 1.165) is 15.7 Å². The van der Waals surface area contributed by atoms with Gasteiger partial charge >= 0.3 is 0 Å². The van der Waals surface area contributed by atoms with Crippen LogP contribution in [0, 0.1) is 12.3 Å². The highest BCUT2D eigenvalue weighted by molar-refractivity contribution is 9.10. The van der Waals surface area contributed by atoms with E-state index in [4.69, 9.17) is 5.73 Å². The molecule has 1 rings (SSSR count). The van der Waals surface area contributed by atoms with E-state index in [1.165, 1.54) is 0 Å². The van der Waals surface area contributed by atoms with Crippen molar-refractivity contribution in [3.8, 4) is 0 Å². The number of benzene rings is 1. The fraction of sp³-hybridized carbons (Fsp3) is 0.529. The van der Waals surface area contributed by atoms with E-state index < -0.39 is 5.41 Å². The van der Waals surface area contributed by atoms with Gasteiger partial charge in [0.1, 0.15) is 0 Å². The van der Waals surface area contributed by atoms with Crippen molar-refractivity contribution in [1.82, 2.24) is 5.32 Å². The lowest BCUT2D eigenvalue weighted by molar-refractivity contribution is -0.131. The highest BCUT2D eigenvalue weighted by Crippen LogP contribution is 2.25. The largest absolute Gasteiger partial charge is 0.355 e. The van der Waals surface area contributed by atoms with Crippen LogP contribution in [0.4, 0.5) is 5.69 Å². The highest BCUT2D eigenvalue weighted by atomic mass is 79.9. The third-order valence-electron chi connectivity index (χ3n) is 4.33. The maximum atomic E-state index is 12.3. The number of nitrogens with one attached hydrogen (secondary N) is 2. The molecule has 4 N–H and O–H groups in total. The van der Waals surface area contributed by atoms with Crippen molar-refractivity contribution in [3.05, 3.63) is 28.2 Å². The second-order valence-corrected chi connectivity index (χ2v) is 6.62. The molecule has 0 aliphatic heterocycles. The summed E-state index contributed by atoms with van der Waals surface area (Å²) >= 11 is 3.39. The number of halogens is 1. The normalized spacial score (nSPS) is 11.2. The fourth-order valence-corrected chi connectivity index (χ4v) is 2.89. The van der Waals surface area contributed by atoms with Crippen molar-refractivity contribution in [2.75, 3.05) is 18.4 Å². The number of carbonyl (C=O) groups is 2. The van der Waals surface area contributed by atoms with Crippen LogP contribution in [-0.4, -0.2) is 24.9 Å². The first kappa shape index (κ1) is 19.6. The van der Waals surface area contributed by atoms with Gasteiger partial charge in [-0.15, -0.1) is 0 Å². The predicted molar refractivity (Wildman–Crippen MR) is 97.2 cm³/mol. The molecule has 0 spiro atoms. The Bertz CT molecular complexity index is 549. The van der Waals surface area contributed by atoms with E-state index in [0.29, 0.717) is 25.9 Å².